The lowest BCUT2D eigenvalue weighted by Gasteiger charge is -2.04. The zero-order chi connectivity index (χ0) is 14.0. The van der Waals surface area contributed by atoms with Crippen molar-refractivity contribution in [3.63, 3.8) is 0 Å². The van der Waals surface area contributed by atoms with Gasteiger partial charge in [-0.2, -0.15) is 0 Å². The van der Waals surface area contributed by atoms with Gasteiger partial charge in [-0.05, 0) is 23.8 Å². The van der Waals surface area contributed by atoms with Gasteiger partial charge in [0.05, 0.1) is 10.5 Å². The molecule has 0 aliphatic rings. The highest BCUT2D eigenvalue weighted by atomic mass is 19.1. The Morgan fingerprint density at radius 1 is 1.05 bits per heavy atom. The standard InChI is InChI=1S/C13H7F2NO3/c14-10-4-9(5-11(15)6-10)12-2-1-8(7-17)3-13(12)16(18)19/h1-7H. The molecule has 0 amide bonds. The molecule has 0 aromatic heterocycles. The number of hydrogen-bond donors (Lipinski definition) is 0. The first-order valence-electron chi connectivity index (χ1n) is 5.21. The normalized spacial score (nSPS) is 10.2. The summed E-state index contributed by atoms with van der Waals surface area (Å²) in [5, 5.41) is 10.9. The van der Waals surface area contributed by atoms with E-state index >= 15 is 0 Å². The molecule has 0 saturated carbocycles. The average molecular weight is 263 g/mol. The lowest BCUT2D eigenvalue weighted by molar-refractivity contribution is -0.384. The summed E-state index contributed by atoms with van der Waals surface area (Å²) in [5.41, 5.74) is -0.169. The molecule has 2 aromatic carbocycles. The number of carbonyl (C=O) groups excluding carboxylic acids is 1. The summed E-state index contributed by atoms with van der Waals surface area (Å²) in [6, 6.07) is 6.35. The Balaban J connectivity index is 2.67. The number of benzene rings is 2. The molecule has 6 heteroatoms. The van der Waals surface area contributed by atoms with Gasteiger partial charge < -0.3 is 0 Å². The van der Waals surface area contributed by atoms with E-state index in [0.29, 0.717) is 12.4 Å². The zero-order valence-corrected chi connectivity index (χ0v) is 9.47. The molecule has 0 spiro atoms. The van der Waals surface area contributed by atoms with Crippen molar-refractivity contribution in [1.29, 1.82) is 0 Å². The van der Waals surface area contributed by atoms with E-state index in [-0.39, 0.29) is 22.4 Å². The van der Waals surface area contributed by atoms with Crippen molar-refractivity contribution in [2.24, 2.45) is 0 Å². The second kappa shape index (κ2) is 4.93. The molecule has 0 atom stereocenters. The van der Waals surface area contributed by atoms with Crippen LogP contribution in [0.2, 0.25) is 0 Å². The average Bonchev–Trinajstić information content (AvgIpc) is 2.36. The molecule has 0 radical (unpaired) electrons. The van der Waals surface area contributed by atoms with Crippen molar-refractivity contribution in [3.05, 3.63) is 63.7 Å². The van der Waals surface area contributed by atoms with Gasteiger partial charge >= 0.3 is 0 Å². The van der Waals surface area contributed by atoms with Crippen molar-refractivity contribution in [2.45, 2.75) is 0 Å². The Bertz CT molecular complexity index is 651. The smallest absolute Gasteiger partial charge is 0.277 e. The van der Waals surface area contributed by atoms with Crippen LogP contribution in [0.3, 0.4) is 0 Å². The van der Waals surface area contributed by atoms with Gasteiger partial charge in [0.15, 0.2) is 0 Å². The molecule has 0 aliphatic carbocycles. The molecule has 2 rings (SSSR count). The van der Waals surface area contributed by atoms with Crippen LogP contribution in [0.1, 0.15) is 10.4 Å². The first-order valence-corrected chi connectivity index (χ1v) is 5.21. The molecular formula is C13H7F2NO3. The Hall–Kier alpha value is -2.63. The topological polar surface area (TPSA) is 60.2 Å². The second-order valence-corrected chi connectivity index (χ2v) is 3.81. The lowest BCUT2D eigenvalue weighted by Crippen LogP contribution is -1.95. The fourth-order valence-electron chi connectivity index (χ4n) is 1.73. The molecule has 0 N–H and O–H groups in total. The van der Waals surface area contributed by atoms with E-state index in [0.717, 1.165) is 18.2 Å². The van der Waals surface area contributed by atoms with Crippen LogP contribution in [0.15, 0.2) is 36.4 Å². The van der Waals surface area contributed by atoms with Crippen LogP contribution in [0, 0.1) is 21.7 Å². The number of rotatable bonds is 3. The SMILES string of the molecule is O=Cc1ccc(-c2cc(F)cc(F)c2)c([N+](=O)[O-])c1. The summed E-state index contributed by atoms with van der Waals surface area (Å²) in [5.74, 6) is -1.66. The number of carbonyl (C=O) groups is 1. The Labute approximate surface area is 106 Å². The molecule has 0 fully saturated rings. The number of nitrogens with zero attached hydrogens (tertiary/aromatic N) is 1. The van der Waals surface area contributed by atoms with Crippen LogP contribution in [0.4, 0.5) is 14.5 Å². The van der Waals surface area contributed by atoms with Gasteiger partial charge in [0.25, 0.3) is 5.69 Å². The molecule has 4 nitrogen and oxygen atoms in total. The lowest BCUT2D eigenvalue weighted by atomic mass is 10.0. The summed E-state index contributed by atoms with van der Waals surface area (Å²) in [6.45, 7) is 0. The van der Waals surface area contributed by atoms with E-state index in [1.807, 2.05) is 0 Å². The summed E-state index contributed by atoms with van der Waals surface area (Å²) >= 11 is 0. The van der Waals surface area contributed by atoms with Crippen molar-refractivity contribution >= 4 is 12.0 Å². The maximum Gasteiger partial charge on any atom is 0.277 e. The Kier molecular flexibility index (Phi) is 3.33. The largest absolute Gasteiger partial charge is 0.298 e. The number of nitro groups is 1. The van der Waals surface area contributed by atoms with Crippen LogP contribution < -0.4 is 0 Å². The number of hydrogen-bond acceptors (Lipinski definition) is 3. The fraction of sp³-hybridized carbons (Fsp3) is 0. The fourth-order valence-corrected chi connectivity index (χ4v) is 1.73. The van der Waals surface area contributed by atoms with E-state index in [4.69, 9.17) is 0 Å². The Morgan fingerprint density at radius 2 is 1.68 bits per heavy atom. The summed E-state index contributed by atoms with van der Waals surface area (Å²) in [6.07, 6.45) is 0.461. The Morgan fingerprint density at radius 3 is 2.21 bits per heavy atom. The van der Waals surface area contributed by atoms with Gasteiger partial charge in [-0.15, -0.1) is 0 Å². The van der Waals surface area contributed by atoms with Gasteiger partial charge in [-0.3, -0.25) is 14.9 Å². The van der Waals surface area contributed by atoms with Crippen molar-refractivity contribution in [3.8, 4) is 11.1 Å². The molecular weight excluding hydrogens is 256 g/mol. The number of nitro benzene ring substituents is 1. The predicted octanol–water partition coefficient (Wildman–Crippen LogP) is 3.35. The first kappa shape index (κ1) is 12.8. The van der Waals surface area contributed by atoms with Crippen molar-refractivity contribution < 1.29 is 18.5 Å². The van der Waals surface area contributed by atoms with E-state index in [9.17, 15) is 23.7 Å². The van der Waals surface area contributed by atoms with E-state index in [1.54, 1.807) is 0 Å². The van der Waals surface area contributed by atoms with Crippen molar-refractivity contribution in [2.75, 3.05) is 0 Å². The molecule has 0 heterocycles. The molecule has 0 bridgehead atoms. The van der Waals surface area contributed by atoms with Crippen LogP contribution in [0.5, 0.6) is 0 Å². The van der Waals surface area contributed by atoms with Crippen LogP contribution >= 0.6 is 0 Å². The third-order valence-electron chi connectivity index (χ3n) is 2.53. The third-order valence-corrected chi connectivity index (χ3v) is 2.53. The minimum atomic E-state index is -0.830. The van der Waals surface area contributed by atoms with Crippen LogP contribution in [-0.4, -0.2) is 11.2 Å². The zero-order valence-electron chi connectivity index (χ0n) is 9.47. The van der Waals surface area contributed by atoms with Gasteiger partial charge in [-0.25, -0.2) is 8.78 Å². The quantitative estimate of drug-likeness (QED) is 0.484. The number of aldehydes is 1. The highest BCUT2D eigenvalue weighted by molar-refractivity contribution is 5.82. The third kappa shape index (κ3) is 2.62. The highest BCUT2D eigenvalue weighted by Gasteiger charge is 2.17. The van der Waals surface area contributed by atoms with Crippen LogP contribution in [0.25, 0.3) is 11.1 Å². The minimum Gasteiger partial charge on any atom is -0.298 e. The summed E-state index contributed by atoms with van der Waals surface area (Å²) in [7, 11) is 0. The van der Waals surface area contributed by atoms with E-state index < -0.39 is 16.6 Å². The van der Waals surface area contributed by atoms with E-state index in [1.165, 1.54) is 12.1 Å². The summed E-state index contributed by atoms with van der Waals surface area (Å²) in [4.78, 5) is 20.8. The molecule has 0 unspecified atom stereocenters. The second-order valence-electron chi connectivity index (χ2n) is 3.81. The minimum absolute atomic E-state index is 0.0432. The van der Waals surface area contributed by atoms with Crippen LogP contribution in [-0.2, 0) is 0 Å². The molecule has 19 heavy (non-hydrogen) atoms. The molecule has 0 aliphatic heterocycles. The maximum absolute atomic E-state index is 13.1. The van der Waals surface area contributed by atoms with Gasteiger partial charge in [0.2, 0.25) is 0 Å². The van der Waals surface area contributed by atoms with Gasteiger partial charge in [-0.1, -0.05) is 6.07 Å². The summed E-state index contributed by atoms with van der Waals surface area (Å²) < 4.78 is 26.3. The van der Waals surface area contributed by atoms with Crippen molar-refractivity contribution in [1.82, 2.24) is 0 Å². The maximum atomic E-state index is 13.1. The molecule has 2 aromatic rings. The number of halogens is 2. The monoisotopic (exact) mass is 263 g/mol. The van der Waals surface area contributed by atoms with E-state index in [2.05, 4.69) is 0 Å². The van der Waals surface area contributed by atoms with Gasteiger partial charge in [0.1, 0.15) is 17.9 Å². The van der Waals surface area contributed by atoms with Gasteiger partial charge in [0, 0.05) is 17.7 Å². The molecule has 0 saturated heterocycles. The predicted molar refractivity (Wildman–Crippen MR) is 63.8 cm³/mol. The first-order chi connectivity index (χ1) is 9.01. The molecule has 96 valence electrons. The highest BCUT2D eigenvalue weighted by Crippen LogP contribution is 2.31.